The summed E-state index contributed by atoms with van der Waals surface area (Å²) in [5.41, 5.74) is 0.740. The Morgan fingerprint density at radius 3 is 2.14 bits per heavy atom. The summed E-state index contributed by atoms with van der Waals surface area (Å²) in [7, 11) is 0. The maximum absolute atomic E-state index is 12.4. The van der Waals surface area contributed by atoms with E-state index in [2.05, 4.69) is 32.6 Å². The first-order chi connectivity index (χ1) is 10.1. The molecule has 0 heterocycles. The Morgan fingerprint density at radius 2 is 1.64 bits per heavy atom. The minimum Gasteiger partial charge on any atom is -0.460 e. The zero-order valence-electron chi connectivity index (χ0n) is 15.0. The van der Waals surface area contributed by atoms with Crippen LogP contribution < -0.4 is 0 Å². The highest BCUT2D eigenvalue weighted by molar-refractivity contribution is 5.76. The number of carbonyl (C=O) groups is 1. The standard InChI is InChI=1S/C19H31NO2/c1-7-20(14-18(2,3)4)15-19(5,6)17(21)22-13-16-11-9-8-10-12-16/h8-12H,7,13-15H2,1-6H3. The molecule has 0 fully saturated rings. The van der Waals surface area contributed by atoms with E-state index >= 15 is 0 Å². The molecule has 0 aromatic heterocycles. The van der Waals surface area contributed by atoms with Crippen LogP contribution in [0.3, 0.4) is 0 Å². The zero-order chi connectivity index (χ0) is 16.8. The van der Waals surface area contributed by atoms with Crippen molar-refractivity contribution in [3.8, 4) is 0 Å². The predicted octanol–water partition coefficient (Wildman–Crippen LogP) is 4.12. The highest BCUT2D eigenvalue weighted by Gasteiger charge is 2.32. The van der Waals surface area contributed by atoms with Crippen LogP contribution in [-0.4, -0.2) is 30.5 Å². The van der Waals surface area contributed by atoms with Gasteiger partial charge in [0.2, 0.25) is 0 Å². The molecule has 3 heteroatoms. The molecule has 0 saturated carbocycles. The molecule has 0 aliphatic heterocycles. The van der Waals surface area contributed by atoms with Crippen molar-refractivity contribution >= 4 is 5.97 Å². The van der Waals surface area contributed by atoms with Gasteiger partial charge in [-0.3, -0.25) is 4.79 Å². The first kappa shape index (κ1) is 18.7. The van der Waals surface area contributed by atoms with Crippen LogP contribution in [0.4, 0.5) is 0 Å². The normalized spacial score (nSPS) is 12.5. The topological polar surface area (TPSA) is 29.5 Å². The molecular weight excluding hydrogens is 274 g/mol. The fraction of sp³-hybridized carbons (Fsp3) is 0.632. The third-order valence-electron chi connectivity index (χ3n) is 3.53. The number of rotatable bonds is 7. The van der Waals surface area contributed by atoms with Gasteiger partial charge in [0.15, 0.2) is 0 Å². The number of hydrogen-bond acceptors (Lipinski definition) is 3. The van der Waals surface area contributed by atoms with Gasteiger partial charge in [0, 0.05) is 13.1 Å². The molecule has 3 nitrogen and oxygen atoms in total. The fourth-order valence-corrected chi connectivity index (χ4v) is 2.49. The van der Waals surface area contributed by atoms with Crippen LogP contribution in [0.15, 0.2) is 30.3 Å². The van der Waals surface area contributed by atoms with Crippen molar-refractivity contribution in [3.63, 3.8) is 0 Å². The van der Waals surface area contributed by atoms with Crippen LogP contribution in [-0.2, 0) is 16.1 Å². The van der Waals surface area contributed by atoms with Crippen molar-refractivity contribution in [2.45, 2.75) is 48.1 Å². The molecule has 0 aliphatic carbocycles. The second kappa shape index (κ2) is 7.77. The van der Waals surface area contributed by atoms with Crippen LogP contribution >= 0.6 is 0 Å². The van der Waals surface area contributed by atoms with E-state index in [4.69, 9.17) is 4.74 Å². The van der Waals surface area contributed by atoms with Gasteiger partial charge in [-0.15, -0.1) is 0 Å². The molecule has 0 amide bonds. The van der Waals surface area contributed by atoms with E-state index in [1.807, 2.05) is 44.2 Å². The molecule has 0 unspecified atom stereocenters. The molecule has 1 aromatic carbocycles. The number of hydrogen-bond donors (Lipinski definition) is 0. The molecule has 1 rings (SSSR count). The summed E-state index contributed by atoms with van der Waals surface area (Å²) in [6.45, 7) is 15.7. The van der Waals surface area contributed by atoms with E-state index in [0.717, 1.165) is 18.7 Å². The lowest BCUT2D eigenvalue weighted by molar-refractivity contribution is -0.156. The van der Waals surface area contributed by atoms with E-state index in [9.17, 15) is 4.79 Å². The number of carbonyl (C=O) groups excluding carboxylic acids is 1. The molecule has 0 spiro atoms. The second-order valence-electron chi connectivity index (χ2n) is 7.81. The van der Waals surface area contributed by atoms with Gasteiger partial charge in [-0.1, -0.05) is 58.0 Å². The van der Waals surface area contributed by atoms with Crippen molar-refractivity contribution in [2.24, 2.45) is 10.8 Å². The predicted molar refractivity (Wildman–Crippen MR) is 91.6 cm³/mol. The number of esters is 1. The van der Waals surface area contributed by atoms with Gasteiger partial charge in [0.05, 0.1) is 5.41 Å². The van der Waals surface area contributed by atoms with E-state index < -0.39 is 5.41 Å². The molecule has 0 atom stereocenters. The van der Waals surface area contributed by atoms with Crippen molar-refractivity contribution in [1.82, 2.24) is 4.90 Å². The van der Waals surface area contributed by atoms with Crippen LogP contribution in [0.1, 0.15) is 47.1 Å². The number of benzene rings is 1. The monoisotopic (exact) mass is 305 g/mol. The molecule has 0 N–H and O–H groups in total. The summed E-state index contributed by atoms with van der Waals surface area (Å²) in [5, 5.41) is 0. The smallest absolute Gasteiger partial charge is 0.313 e. The second-order valence-corrected chi connectivity index (χ2v) is 7.81. The Labute approximate surface area is 135 Å². The van der Waals surface area contributed by atoms with Gasteiger partial charge in [-0.25, -0.2) is 0 Å². The quantitative estimate of drug-likeness (QED) is 0.710. The van der Waals surface area contributed by atoms with Gasteiger partial charge < -0.3 is 9.64 Å². The maximum Gasteiger partial charge on any atom is 0.313 e. The number of nitrogens with zero attached hydrogens (tertiary/aromatic N) is 1. The molecule has 22 heavy (non-hydrogen) atoms. The Kier molecular flexibility index (Phi) is 6.61. The van der Waals surface area contributed by atoms with Crippen molar-refractivity contribution in [3.05, 3.63) is 35.9 Å². The van der Waals surface area contributed by atoms with Crippen molar-refractivity contribution in [2.75, 3.05) is 19.6 Å². The summed E-state index contributed by atoms with van der Waals surface area (Å²) >= 11 is 0. The molecule has 124 valence electrons. The molecule has 0 saturated heterocycles. The maximum atomic E-state index is 12.4. The molecule has 0 aliphatic rings. The molecule has 0 bridgehead atoms. The van der Waals surface area contributed by atoms with Crippen LogP contribution in [0.2, 0.25) is 0 Å². The first-order valence-electron chi connectivity index (χ1n) is 8.07. The van der Waals surface area contributed by atoms with Crippen molar-refractivity contribution < 1.29 is 9.53 Å². The molecule has 0 radical (unpaired) electrons. The van der Waals surface area contributed by atoms with Gasteiger partial charge in [0.1, 0.15) is 6.61 Å². The van der Waals surface area contributed by atoms with Gasteiger partial charge >= 0.3 is 5.97 Å². The zero-order valence-corrected chi connectivity index (χ0v) is 15.0. The van der Waals surface area contributed by atoms with Gasteiger partial charge in [-0.2, -0.15) is 0 Å². The summed E-state index contributed by atoms with van der Waals surface area (Å²) in [4.78, 5) is 14.7. The summed E-state index contributed by atoms with van der Waals surface area (Å²) < 4.78 is 5.50. The summed E-state index contributed by atoms with van der Waals surface area (Å²) in [6.07, 6.45) is 0. The average Bonchev–Trinajstić information content (AvgIpc) is 2.43. The fourth-order valence-electron chi connectivity index (χ4n) is 2.49. The van der Waals surface area contributed by atoms with E-state index in [1.165, 1.54) is 0 Å². The van der Waals surface area contributed by atoms with Crippen LogP contribution in [0.5, 0.6) is 0 Å². The lowest BCUT2D eigenvalue weighted by Gasteiger charge is -2.34. The minimum atomic E-state index is -0.504. The summed E-state index contributed by atoms with van der Waals surface area (Å²) in [5.74, 6) is -0.135. The van der Waals surface area contributed by atoms with Crippen molar-refractivity contribution in [1.29, 1.82) is 0 Å². The highest BCUT2D eigenvalue weighted by Crippen LogP contribution is 2.23. The van der Waals surface area contributed by atoms with E-state index in [1.54, 1.807) is 0 Å². The Hall–Kier alpha value is -1.35. The van der Waals surface area contributed by atoms with E-state index in [-0.39, 0.29) is 11.4 Å². The average molecular weight is 305 g/mol. The van der Waals surface area contributed by atoms with Gasteiger partial charge in [-0.05, 0) is 31.4 Å². The highest BCUT2D eigenvalue weighted by atomic mass is 16.5. The Balaban J connectivity index is 2.58. The molecular formula is C19H31NO2. The Bertz CT molecular complexity index is 460. The lowest BCUT2D eigenvalue weighted by Crippen LogP contribution is -2.43. The third kappa shape index (κ3) is 6.61. The largest absolute Gasteiger partial charge is 0.460 e. The lowest BCUT2D eigenvalue weighted by atomic mass is 9.90. The number of ether oxygens (including phenoxy) is 1. The third-order valence-corrected chi connectivity index (χ3v) is 3.53. The first-order valence-corrected chi connectivity index (χ1v) is 8.07. The summed E-state index contributed by atoms with van der Waals surface area (Å²) in [6, 6.07) is 9.81. The van der Waals surface area contributed by atoms with E-state index in [0.29, 0.717) is 13.2 Å². The SMILES string of the molecule is CCN(CC(C)(C)C)CC(C)(C)C(=O)OCc1ccccc1. The molecule has 1 aromatic rings. The Morgan fingerprint density at radius 1 is 1.05 bits per heavy atom. The van der Waals surface area contributed by atoms with Crippen LogP contribution in [0, 0.1) is 10.8 Å². The minimum absolute atomic E-state index is 0.135. The van der Waals surface area contributed by atoms with Crippen LogP contribution in [0.25, 0.3) is 0 Å². The van der Waals surface area contributed by atoms with Gasteiger partial charge in [0.25, 0.3) is 0 Å².